The molecule has 1 heterocycles. The van der Waals surface area contributed by atoms with Crippen molar-refractivity contribution in [1.82, 2.24) is 9.55 Å². The van der Waals surface area contributed by atoms with Crippen LogP contribution >= 0.6 is 0 Å². The van der Waals surface area contributed by atoms with Crippen molar-refractivity contribution in [2.24, 2.45) is 0 Å². The molecule has 0 fully saturated rings. The minimum absolute atomic E-state index is 0.0377. The van der Waals surface area contributed by atoms with E-state index in [-0.39, 0.29) is 16.9 Å². The van der Waals surface area contributed by atoms with E-state index in [9.17, 15) is 9.18 Å². The monoisotopic (exact) mass is 288 g/mol. The molecule has 0 aliphatic heterocycles. The molecule has 0 radical (unpaired) electrons. The van der Waals surface area contributed by atoms with Gasteiger partial charge in [-0.2, -0.15) is 0 Å². The summed E-state index contributed by atoms with van der Waals surface area (Å²) in [5.74, 6) is 0.509. The van der Waals surface area contributed by atoms with Crippen LogP contribution in [-0.2, 0) is 18.4 Å². The summed E-state index contributed by atoms with van der Waals surface area (Å²) >= 11 is 0. The summed E-state index contributed by atoms with van der Waals surface area (Å²) in [6, 6.07) is 8.09. The molecule has 0 aliphatic rings. The number of aromatic nitrogens is 2. The maximum Gasteiger partial charge on any atom is 0.254 e. The van der Waals surface area contributed by atoms with E-state index in [4.69, 9.17) is 0 Å². The SMILES string of the molecule is Cc1cc(=O)n(C(C)(C)C)c(CCc2cccc(F)c2)n1. The first kappa shape index (κ1) is 15.4. The van der Waals surface area contributed by atoms with Gasteiger partial charge in [0.05, 0.1) is 0 Å². The largest absolute Gasteiger partial charge is 0.291 e. The van der Waals surface area contributed by atoms with E-state index in [1.807, 2.05) is 33.8 Å². The van der Waals surface area contributed by atoms with Crippen LogP contribution in [0.5, 0.6) is 0 Å². The number of halogens is 1. The Labute approximate surface area is 124 Å². The van der Waals surface area contributed by atoms with Gasteiger partial charge in [-0.15, -0.1) is 0 Å². The standard InChI is InChI=1S/C17H21FN2O/c1-12-10-16(21)20(17(2,3)4)15(19-12)9-8-13-6-5-7-14(18)11-13/h5-7,10-11H,8-9H2,1-4H3. The zero-order valence-corrected chi connectivity index (χ0v) is 13.0. The van der Waals surface area contributed by atoms with Crippen LogP contribution in [0.1, 0.15) is 37.9 Å². The lowest BCUT2D eigenvalue weighted by Crippen LogP contribution is -2.37. The van der Waals surface area contributed by atoms with Gasteiger partial charge in [-0.3, -0.25) is 9.36 Å². The van der Waals surface area contributed by atoms with Crippen molar-refractivity contribution in [2.75, 3.05) is 0 Å². The molecule has 0 saturated carbocycles. The van der Waals surface area contributed by atoms with Crippen LogP contribution < -0.4 is 5.56 Å². The molecule has 3 nitrogen and oxygen atoms in total. The Morgan fingerprint density at radius 3 is 2.52 bits per heavy atom. The van der Waals surface area contributed by atoms with E-state index in [1.165, 1.54) is 12.1 Å². The zero-order chi connectivity index (χ0) is 15.6. The maximum absolute atomic E-state index is 13.2. The van der Waals surface area contributed by atoms with E-state index in [2.05, 4.69) is 4.98 Å². The van der Waals surface area contributed by atoms with Crippen molar-refractivity contribution in [1.29, 1.82) is 0 Å². The third-order valence-corrected chi connectivity index (χ3v) is 3.31. The van der Waals surface area contributed by atoms with Crippen LogP contribution in [0.4, 0.5) is 4.39 Å². The Bertz CT molecular complexity index is 699. The summed E-state index contributed by atoms with van der Waals surface area (Å²) < 4.78 is 14.9. The molecule has 0 aliphatic carbocycles. The zero-order valence-electron chi connectivity index (χ0n) is 13.0. The summed E-state index contributed by atoms with van der Waals surface area (Å²) in [5.41, 5.74) is 1.26. The molecule has 112 valence electrons. The molecular formula is C17H21FN2O. The van der Waals surface area contributed by atoms with Gasteiger partial charge in [0, 0.05) is 23.7 Å². The molecule has 1 aromatic carbocycles. The molecule has 0 N–H and O–H groups in total. The second-order valence-corrected chi connectivity index (χ2v) is 6.29. The fourth-order valence-corrected chi connectivity index (χ4v) is 2.49. The van der Waals surface area contributed by atoms with E-state index in [1.54, 1.807) is 16.7 Å². The first-order valence-electron chi connectivity index (χ1n) is 7.12. The molecule has 0 spiro atoms. The van der Waals surface area contributed by atoms with Gasteiger partial charge in [0.2, 0.25) is 0 Å². The first-order chi connectivity index (χ1) is 9.77. The third kappa shape index (κ3) is 3.78. The number of benzene rings is 1. The highest BCUT2D eigenvalue weighted by Crippen LogP contribution is 2.15. The number of hydrogen-bond donors (Lipinski definition) is 0. The molecular weight excluding hydrogens is 267 g/mol. The molecule has 1 aromatic heterocycles. The third-order valence-electron chi connectivity index (χ3n) is 3.31. The van der Waals surface area contributed by atoms with E-state index in [0.717, 1.165) is 17.1 Å². The van der Waals surface area contributed by atoms with E-state index >= 15 is 0 Å². The van der Waals surface area contributed by atoms with Gasteiger partial charge < -0.3 is 0 Å². The predicted octanol–water partition coefficient (Wildman–Crippen LogP) is 3.23. The number of hydrogen-bond acceptors (Lipinski definition) is 2. The van der Waals surface area contributed by atoms with Gasteiger partial charge in [0.25, 0.3) is 5.56 Å². The highest BCUT2D eigenvalue weighted by atomic mass is 19.1. The Morgan fingerprint density at radius 1 is 1.19 bits per heavy atom. The molecule has 2 rings (SSSR count). The normalized spacial score (nSPS) is 11.7. The predicted molar refractivity (Wildman–Crippen MR) is 82.0 cm³/mol. The highest BCUT2D eigenvalue weighted by molar-refractivity contribution is 5.17. The summed E-state index contributed by atoms with van der Waals surface area (Å²) in [7, 11) is 0. The molecule has 4 heteroatoms. The summed E-state index contributed by atoms with van der Waals surface area (Å²) in [5, 5.41) is 0. The Balaban J connectivity index is 2.33. The van der Waals surface area contributed by atoms with Crippen LogP contribution in [0.2, 0.25) is 0 Å². The molecule has 0 amide bonds. The van der Waals surface area contributed by atoms with Gasteiger partial charge in [0.1, 0.15) is 11.6 Å². The van der Waals surface area contributed by atoms with Crippen molar-refractivity contribution in [2.45, 2.75) is 46.1 Å². The van der Waals surface area contributed by atoms with Gasteiger partial charge in [-0.05, 0) is 51.8 Å². The van der Waals surface area contributed by atoms with Crippen LogP contribution in [0.25, 0.3) is 0 Å². The molecule has 0 unspecified atom stereocenters. The average molecular weight is 288 g/mol. The average Bonchev–Trinajstić information content (AvgIpc) is 2.33. The Morgan fingerprint density at radius 2 is 1.90 bits per heavy atom. The van der Waals surface area contributed by atoms with Crippen LogP contribution in [0.3, 0.4) is 0 Å². The molecule has 2 aromatic rings. The molecule has 0 bridgehead atoms. The lowest BCUT2D eigenvalue weighted by atomic mass is 10.1. The van der Waals surface area contributed by atoms with Crippen molar-refractivity contribution >= 4 is 0 Å². The fourth-order valence-electron chi connectivity index (χ4n) is 2.49. The van der Waals surface area contributed by atoms with E-state index in [0.29, 0.717) is 12.8 Å². The van der Waals surface area contributed by atoms with Crippen molar-refractivity contribution in [3.63, 3.8) is 0 Å². The van der Waals surface area contributed by atoms with Crippen molar-refractivity contribution < 1.29 is 4.39 Å². The number of rotatable bonds is 3. The minimum Gasteiger partial charge on any atom is -0.291 e. The summed E-state index contributed by atoms with van der Waals surface area (Å²) in [6.45, 7) is 7.77. The second-order valence-electron chi connectivity index (χ2n) is 6.29. The molecule has 0 saturated heterocycles. The van der Waals surface area contributed by atoms with Crippen molar-refractivity contribution in [3.8, 4) is 0 Å². The second kappa shape index (κ2) is 5.80. The Hall–Kier alpha value is -1.97. The first-order valence-corrected chi connectivity index (χ1v) is 7.12. The number of nitrogens with zero attached hydrogens (tertiary/aromatic N) is 2. The summed E-state index contributed by atoms with van der Waals surface area (Å²) in [6.07, 6.45) is 1.27. The van der Waals surface area contributed by atoms with Gasteiger partial charge in [-0.1, -0.05) is 12.1 Å². The van der Waals surface area contributed by atoms with Crippen LogP contribution in [0, 0.1) is 12.7 Å². The summed E-state index contributed by atoms with van der Waals surface area (Å²) in [4.78, 5) is 16.7. The highest BCUT2D eigenvalue weighted by Gasteiger charge is 2.19. The molecule has 0 atom stereocenters. The van der Waals surface area contributed by atoms with E-state index < -0.39 is 0 Å². The fraction of sp³-hybridized carbons (Fsp3) is 0.412. The van der Waals surface area contributed by atoms with Gasteiger partial charge in [-0.25, -0.2) is 9.37 Å². The lowest BCUT2D eigenvalue weighted by molar-refractivity contribution is 0.362. The quantitative estimate of drug-likeness (QED) is 0.869. The smallest absolute Gasteiger partial charge is 0.254 e. The van der Waals surface area contributed by atoms with Gasteiger partial charge in [0.15, 0.2) is 0 Å². The number of aryl methyl sites for hydroxylation is 3. The Kier molecular flexibility index (Phi) is 4.26. The van der Waals surface area contributed by atoms with Crippen LogP contribution in [0.15, 0.2) is 35.1 Å². The van der Waals surface area contributed by atoms with Gasteiger partial charge >= 0.3 is 0 Å². The van der Waals surface area contributed by atoms with Crippen molar-refractivity contribution in [3.05, 3.63) is 63.6 Å². The topological polar surface area (TPSA) is 34.9 Å². The minimum atomic E-state index is -0.324. The lowest BCUT2D eigenvalue weighted by Gasteiger charge is -2.25. The molecule has 21 heavy (non-hydrogen) atoms. The van der Waals surface area contributed by atoms with Crippen LogP contribution in [-0.4, -0.2) is 9.55 Å². The maximum atomic E-state index is 13.2.